The first-order valence-electron chi connectivity index (χ1n) is 7.15. The van der Waals surface area contributed by atoms with Gasteiger partial charge in [0.1, 0.15) is 0 Å². The van der Waals surface area contributed by atoms with Gasteiger partial charge in [0.05, 0.1) is 4.90 Å². The number of aryl methyl sites for hydroxylation is 1. The first kappa shape index (κ1) is 17.8. The highest BCUT2D eigenvalue weighted by atomic mass is 32.2. The van der Waals surface area contributed by atoms with Gasteiger partial charge in [0.25, 0.3) is 0 Å². The number of rotatable bonds is 6. The second-order valence-corrected chi connectivity index (χ2v) is 6.63. The Kier molecular flexibility index (Phi) is 6.07. The Bertz CT molecular complexity index is 674. The molecule has 0 spiro atoms. The zero-order chi connectivity index (χ0) is 17.0. The van der Waals surface area contributed by atoms with Crippen LogP contribution >= 0.6 is 11.9 Å². The van der Waals surface area contributed by atoms with E-state index in [4.69, 9.17) is 0 Å². The molecule has 0 saturated heterocycles. The van der Waals surface area contributed by atoms with Gasteiger partial charge in [0.15, 0.2) is 23.3 Å². The monoisotopic (exact) mass is 343 g/mol. The largest absolute Gasteiger partial charge is 0.252 e. The molecule has 0 aliphatic carbocycles. The van der Waals surface area contributed by atoms with Crippen LogP contribution in [0.2, 0.25) is 0 Å². The van der Waals surface area contributed by atoms with Crippen molar-refractivity contribution in [3.63, 3.8) is 0 Å². The van der Waals surface area contributed by atoms with Crippen LogP contribution in [0.4, 0.5) is 17.6 Å². The molecule has 2 aromatic carbocycles. The Morgan fingerprint density at radius 3 is 2.04 bits per heavy atom. The van der Waals surface area contributed by atoms with E-state index in [0.29, 0.717) is 12.8 Å². The fourth-order valence-electron chi connectivity index (χ4n) is 2.27. The third-order valence-corrected chi connectivity index (χ3v) is 4.30. The normalized spacial score (nSPS) is 11.3. The van der Waals surface area contributed by atoms with Gasteiger partial charge < -0.3 is 0 Å². The van der Waals surface area contributed by atoms with E-state index in [9.17, 15) is 17.6 Å². The maximum atomic E-state index is 14.1. The van der Waals surface area contributed by atoms with Crippen LogP contribution in [0.5, 0.6) is 0 Å². The lowest BCUT2D eigenvalue weighted by atomic mass is 10.0. The van der Waals surface area contributed by atoms with Crippen molar-refractivity contribution in [1.29, 1.82) is 0 Å². The minimum absolute atomic E-state index is 0.115. The Hall–Kier alpha value is -1.53. The van der Waals surface area contributed by atoms with Crippen LogP contribution in [0, 0.1) is 23.3 Å². The quantitative estimate of drug-likeness (QED) is 0.315. The molecule has 0 aromatic heterocycles. The first-order chi connectivity index (χ1) is 10.9. The Morgan fingerprint density at radius 1 is 0.826 bits per heavy atom. The summed E-state index contributed by atoms with van der Waals surface area (Å²) in [5.41, 5.74) is 0.939. The highest BCUT2D eigenvalue weighted by Gasteiger charge is 2.25. The third-order valence-electron chi connectivity index (χ3n) is 3.33. The van der Waals surface area contributed by atoms with E-state index >= 15 is 0 Å². The Labute approximate surface area is 137 Å². The van der Waals surface area contributed by atoms with E-state index < -0.39 is 23.3 Å². The lowest BCUT2D eigenvalue weighted by Gasteiger charge is -2.16. The second kappa shape index (κ2) is 7.84. The van der Waals surface area contributed by atoms with Crippen molar-refractivity contribution in [3.05, 3.63) is 64.7 Å². The van der Waals surface area contributed by atoms with Gasteiger partial charge in [-0.25, -0.2) is 17.6 Å². The molecule has 0 amide bonds. The van der Waals surface area contributed by atoms with Crippen molar-refractivity contribution in [3.8, 4) is 0 Å². The maximum Gasteiger partial charge on any atom is 0.198 e. The summed E-state index contributed by atoms with van der Waals surface area (Å²) < 4.78 is 56.5. The van der Waals surface area contributed by atoms with Crippen molar-refractivity contribution in [1.82, 2.24) is 4.31 Å². The molecule has 0 unspecified atom stereocenters. The SMILES string of the molecule is CN(C)Sc1c(F)c(F)c(F)c(F)c1CCCc1ccccc1. The van der Waals surface area contributed by atoms with Crippen LogP contribution < -0.4 is 0 Å². The van der Waals surface area contributed by atoms with Crippen molar-refractivity contribution in [2.75, 3.05) is 14.1 Å². The summed E-state index contributed by atoms with van der Waals surface area (Å²) in [7, 11) is 3.24. The van der Waals surface area contributed by atoms with Gasteiger partial charge in [-0.1, -0.05) is 30.3 Å². The summed E-state index contributed by atoms with van der Waals surface area (Å²) in [5.74, 6) is -6.16. The standard InChI is InChI=1S/C17H17F4NS/c1-22(2)23-17-12(13(18)14(19)15(20)16(17)21)10-6-9-11-7-4-3-5-8-11/h3-5,7-8H,6,9-10H2,1-2H3. The molecule has 0 radical (unpaired) electrons. The number of benzene rings is 2. The van der Waals surface area contributed by atoms with Gasteiger partial charge in [0, 0.05) is 5.56 Å². The molecule has 0 aliphatic rings. The fourth-order valence-corrected chi connectivity index (χ4v) is 3.11. The summed E-state index contributed by atoms with van der Waals surface area (Å²) in [6.07, 6.45) is 1.28. The minimum atomic E-state index is -1.77. The lowest BCUT2D eigenvalue weighted by Crippen LogP contribution is -2.09. The molecule has 0 bridgehead atoms. The van der Waals surface area contributed by atoms with E-state index in [2.05, 4.69) is 0 Å². The molecule has 2 rings (SSSR count). The molecule has 0 heterocycles. The number of nitrogens with zero attached hydrogens (tertiary/aromatic N) is 1. The zero-order valence-corrected chi connectivity index (χ0v) is 13.7. The first-order valence-corrected chi connectivity index (χ1v) is 7.93. The van der Waals surface area contributed by atoms with Gasteiger partial charge in [-0.2, -0.15) is 0 Å². The summed E-state index contributed by atoms with van der Waals surface area (Å²) in [6, 6.07) is 9.52. The summed E-state index contributed by atoms with van der Waals surface area (Å²) in [6.45, 7) is 0. The molecular weight excluding hydrogens is 326 g/mol. The molecule has 1 nitrogen and oxygen atoms in total. The third kappa shape index (κ3) is 4.26. The minimum Gasteiger partial charge on any atom is -0.252 e. The second-order valence-electron chi connectivity index (χ2n) is 5.31. The average molecular weight is 343 g/mol. The fraction of sp³-hybridized carbons (Fsp3) is 0.294. The van der Waals surface area contributed by atoms with Crippen LogP contribution in [0.1, 0.15) is 17.5 Å². The summed E-state index contributed by atoms with van der Waals surface area (Å²) >= 11 is 0.847. The number of hydrogen-bond acceptors (Lipinski definition) is 2. The van der Waals surface area contributed by atoms with Gasteiger partial charge in [-0.15, -0.1) is 0 Å². The molecule has 23 heavy (non-hydrogen) atoms. The lowest BCUT2D eigenvalue weighted by molar-refractivity contribution is 0.390. The molecule has 2 aromatic rings. The molecule has 0 fully saturated rings. The van der Waals surface area contributed by atoms with E-state index in [-0.39, 0.29) is 16.9 Å². The smallest absolute Gasteiger partial charge is 0.198 e. The van der Waals surface area contributed by atoms with Gasteiger partial charge in [-0.05, 0) is 50.9 Å². The van der Waals surface area contributed by atoms with Crippen LogP contribution in [-0.2, 0) is 12.8 Å². The van der Waals surface area contributed by atoms with Crippen LogP contribution in [0.25, 0.3) is 0 Å². The van der Waals surface area contributed by atoms with Crippen LogP contribution in [0.15, 0.2) is 35.2 Å². The van der Waals surface area contributed by atoms with Crippen molar-refractivity contribution in [2.45, 2.75) is 24.2 Å². The Morgan fingerprint density at radius 2 is 1.43 bits per heavy atom. The van der Waals surface area contributed by atoms with Crippen LogP contribution in [-0.4, -0.2) is 18.4 Å². The van der Waals surface area contributed by atoms with Gasteiger partial charge in [-0.3, -0.25) is 4.31 Å². The summed E-state index contributed by atoms with van der Waals surface area (Å²) in [4.78, 5) is -0.195. The highest BCUT2D eigenvalue weighted by Crippen LogP contribution is 2.33. The summed E-state index contributed by atoms with van der Waals surface area (Å²) in [5, 5.41) is 0. The molecule has 124 valence electrons. The number of hydrogen-bond donors (Lipinski definition) is 0. The zero-order valence-electron chi connectivity index (χ0n) is 12.9. The van der Waals surface area contributed by atoms with Crippen LogP contribution in [0.3, 0.4) is 0 Å². The molecule has 0 aliphatic heterocycles. The van der Waals surface area contributed by atoms with Crippen molar-refractivity contribution < 1.29 is 17.6 Å². The molecular formula is C17H17F4NS. The number of halogens is 4. The molecule has 0 atom stereocenters. The van der Waals surface area contributed by atoms with Crippen molar-refractivity contribution in [2.24, 2.45) is 0 Å². The van der Waals surface area contributed by atoms with Gasteiger partial charge in [0.2, 0.25) is 0 Å². The van der Waals surface area contributed by atoms with E-state index in [1.807, 2.05) is 30.3 Å². The molecule has 6 heteroatoms. The maximum absolute atomic E-state index is 14.1. The van der Waals surface area contributed by atoms with E-state index in [1.54, 1.807) is 14.1 Å². The highest BCUT2D eigenvalue weighted by molar-refractivity contribution is 7.97. The predicted molar refractivity (Wildman–Crippen MR) is 84.3 cm³/mol. The topological polar surface area (TPSA) is 3.24 Å². The molecule has 0 saturated carbocycles. The average Bonchev–Trinajstić information content (AvgIpc) is 2.54. The predicted octanol–water partition coefficient (Wildman–Crippen LogP) is 4.99. The van der Waals surface area contributed by atoms with E-state index in [0.717, 1.165) is 17.5 Å². The molecule has 0 N–H and O–H groups in total. The van der Waals surface area contributed by atoms with Crippen molar-refractivity contribution >= 4 is 11.9 Å². The van der Waals surface area contributed by atoms with E-state index in [1.165, 1.54) is 4.31 Å². The Balaban J connectivity index is 2.25. The van der Waals surface area contributed by atoms with Gasteiger partial charge >= 0.3 is 0 Å².